The number of nitrogens with zero attached hydrogens (tertiary/aromatic N) is 1. The fourth-order valence-electron chi connectivity index (χ4n) is 2.02. The Balaban J connectivity index is 1.89. The molecule has 0 aliphatic heterocycles. The van der Waals surface area contributed by atoms with E-state index < -0.39 is 0 Å². The van der Waals surface area contributed by atoms with Crippen LogP contribution in [0.15, 0.2) is 35.7 Å². The summed E-state index contributed by atoms with van der Waals surface area (Å²) in [6, 6.07) is 9.23. The van der Waals surface area contributed by atoms with Gasteiger partial charge in [0, 0.05) is 18.3 Å². The van der Waals surface area contributed by atoms with Gasteiger partial charge in [0.25, 0.3) is 0 Å². The molecule has 0 radical (unpaired) electrons. The van der Waals surface area contributed by atoms with Gasteiger partial charge >= 0.3 is 0 Å². The van der Waals surface area contributed by atoms with Gasteiger partial charge in [0.1, 0.15) is 5.75 Å². The zero-order valence-electron chi connectivity index (χ0n) is 11.8. The molecular formula is C16H19NO2S. The molecule has 0 fully saturated rings. The Morgan fingerprint density at radius 3 is 2.70 bits per heavy atom. The number of para-hydroxylation sites is 1. The number of rotatable bonds is 5. The van der Waals surface area contributed by atoms with E-state index in [2.05, 4.69) is 13.0 Å². The molecule has 0 unspecified atom stereocenters. The molecule has 2 aromatic rings. The molecule has 1 heterocycles. The average Bonchev–Trinajstić information content (AvgIpc) is 2.83. The molecule has 20 heavy (non-hydrogen) atoms. The second-order valence-electron chi connectivity index (χ2n) is 4.91. The van der Waals surface area contributed by atoms with Crippen LogP contribution in [0, 0.1) is 6.92 Å². The first-order valence-electron chi connectivity index (χ1n) is 6.61. The average molecular weight is 289 g/mol. The molecule has 106 valence electrons. The van der Waals surface area contributed by atoms with Crippen LogP contribution in [-0.2, 0) is 17.8 Å². The van der Waals surface area contributed by atoms with Crippen LogP contribution in [0.1, 0.15) is 22.4 Å². The number of amides is 1. The Bertz CT molecular complexity index is 592. The van der Waals surface area contributed by atoms with Gasteiger partial charge in [0.15, 0.2) is 0 Å². The van der Waals surface area contributed by atoms with Crippen molar-refractivity contribution in [2.24, 2.45) is 0 Å². The Kier molecular flexibility index (Phi) is 4.79. The highest BCUT2D eigenvalue weighted by Crippen LogP contribution is 2.19. The highest BCUT2D eigenvalue weighted by molar-refractivity contribution is 7.10. The van der Waals surface area contributed by atoms with Crippen molar-refractivity contribution in [1.82, 2.24) is 4.90 Å². The lowest BCUT2D eigenvalue weighted by Gasteiger charge is -2.17. The standard InChI is InChI=1S/C16H19NO2S/c1-12-9-10-20-15(12)11-17(2)16(19)8-7-13-5-3-4-6-14(13)18/h3-6,9-10,18H,7-8,11H2,1-2H3. The minimum atomic E-state index is 0.0982. The molecule has 3 nitrogen and oxygen atoms in total. The van der Waals surface area contributed by atoms with Crippen molar-refractivity contribution in [3.63, 3.8) is 0 Å². The molecule has 1 aromatic carbocycles. The van der Waals surface area contributed by atoms with Crippen LogP contribution in [-0.4, -0.2) is 23.0 Å². The van der Waals surface area contributed by atoms with Gasteiger partial charge in [-0.2, -0.15) is 0 Å². The summed E-state index contributed by atoms with van der Waals surface area (Å²) in [6.45, 7) is 2.72. The number of carbonyl (C=O) groups is 1. The molecule has 1 amide bonds. The fourth-order valence-corrected chi connectivity index (χ4v) is 2.98. The zero-order valence-corrected chi connectivity index (χ0v) is 12.6. The highest BCUT2D eigenvalue weighted by atomic mass is 32.1. The molecule has 4 heteroatoms. The summed E-state index contributed by atoms with van der Waals surface area (Å²) in [5.41, 5.74) is 2.05. The van der Waals surface area contributed by atoms with Gasteiger partial charge < -0.3 is 10.0 Å². The third kappa shape index (κ3) is 3.61. The van der Waals surface area contributed by atoms with Gasteiger partial charge in [-0.05, 0) is 42.0 Å². The Hall–Kier alpha value is -1.81. The van der Waals surface area contributed by atoms with Gasteiger partial charge in [-0.25, -0.2) is 0 Å². The lowest BCUT2D eigenvalue weighted by molar-refractivity contribution is -0.130. The van der Waals surface area contributed by atoms with Crippen LogP contribution in [0.25, 0.3) is 0 Å². The van der Waals surface area contributed by atoms with Gasteiger partial charge in [0.05, 0.1) is 6.54 Å². The van der Waals surface area contributed by atoms with Gasteiger partial charge in [-0.1, -0.05) is 18.2 Å². The molecule has 0 saturated carbocycles. The Morgan fingerprint density at radius 1 is 1.30 bits per heavy atom. The smallest absolute Gasteiger partial charge is 0.222 e. The second-order valence-corrected chi connectivity index (χ2v) is 5.91. The van der Waals surface area contributed by atoms with Crippen LogP contribution < -0.4 is 0 Å². The summed E-state index contributed by atoms with van der Waals surface area (Å²) in [5.74, 6) is 0.359. The zero-order chi connectivity index (χ0) is 14.5. The van der Waals surface area contributed by atoms with E-state index in [9.17, 15) is 9.90 Å². The van der Waals surface area contributed by atoms with Gasteiger partial charge in [0.2, 0.25) is 5.91 Å². The molecule has 0 aliphatic carbocycles. The maximum Gasteiger partial charge on any atom is 0.222 e. The quantitative estimate of drug-likeness (QED) is 0.917. The van der Waals surface area contributed by atoms with Crippen molar-refractivity contribution in [2.45, 2.75) is 26.3 Å². The van der Waals surface area contributed by atoms with E-state index in [-0.39, 0.29) is 11.7 Å². The number of aromatic hydroxyl groups is 1. The minimum Gasteiger partial charge on any atom is -0.508 e. The summed E-state index contributed by atoms with van der Waals surface area (Å²) >= 11 is 1.68. The topological polar surface area (TPSA) is 40.5 Å². The summed E-state index contributed by atoms with van der Waals surface area (Å²) in [7, 11) is 1.83. The summed E-state index contributed by atoms with van der Waals surface area (Å²) in [5, 5.41) is 11.7. The molecule has 0 bridgehead atoms. The molecule has 1 N–H and O–H groups in total. The third-order valence-electron chi connectivity index (χ3n) is 3.37. The number of carbonyl (C=O) groups excluding carboxylic acids is 1. The largest absolute Gasteiger partial charge is 0.508 e. The SMILES string of the molecule is Cc1ccsc1CN(C)C(=O)CCc1ccccc1O. The maximum atomic E-state index is 12.1. The van der Waals surface area contributed by atoms with Crippen LogP contribution in [0.2, 0.25) is 0 Å². The first kappa shape index (κ1) is 14.6. The monoisotopic (exact) mass is 289 g/mol. The predicted octanol–water partition coefficient (Wildman–Crippen LogP) is 3.35. The lowest BCUT2D eigenvalue weighted by Crippen LogP contribution is -2.26. The highest BCUT2D eigenvalue weighted by Gasteiger charge is 2.12. The van der Waals surface area contributed by atoms with Crippen molar-refractivity contribution in [3.05, 3.63) is 51.7 Å². The molecule has 1 aromatic heterocycles. The van der Waals surface area contributed by atoms with Crippen molar-refractivity contribution in [1.29, 1.82) is 0 Å². The molecule has 2 rings (SSSR count). The molecule has 0 spiro atoms. The molecule has 0 aliphatic rings. The van der Waals surface area contributed by atoms with E-state index in [0.717, 1.165) is 5.56 Å². The van der Waals surface area contributed by atoms with Crippen LogP contribution >= 0.6 is 11.3 Å². The molecule has 0 saturated heterocycles. The summed E-state index contributed by atoms with van der Waals surface area (Å²) in [6.07, 6.45) is 0.984. The number of benzene rings is 1. The number of hydrogen-bond donors (Lipinski definition) is 1. The predicted molar refractivity (Wildman–Crippen MR) is 82.0 cm³/mol. The van der Waals surface area contributed by atoms with E-state index in [0.29, 0.717) is 19.4 Å². The Morgan fingerprint density at radius 2 is 2.05 bits per heavy atom. The van der Waals surface area contributed by atoms with E-state index in [1.54, 1.807) is 28.4 Å². The summed E-state index contributed by atoms with van der Waals surface area (Å²) < 4.78 is 0. The number of hydrogen-bond acceptors (Lipinski definition) is 3. The number of phenolic OH excluding ortho intramolecular Hbond substituents is 1. The summed E-state index contributed by atoms with van der Waals surface area (Å²) in [4.78, 5) is 15.1. The van der Waals surface area contributed by atoms with Crippen LogP contribution in [0.5, 0.6) is 5.75 Å². The van der Waals surface area contributed by atoms with Crippen molar-refractivity contribution >= 4 is 17.2 Å². The fraction of sp³-hybridized carbons (Fsp3) is 0.312. The van der Waals surface area contributed by atoms with Crippen LogP contribution in [0.3, 0.4) is 0 Å². The first-order chi connectivity index (χ1) is 9.58. The van der Waals surface area contributed by atoms with E-state index >= 15 is 0 Å². The normalized spacial score (nSPS) is 10.5. The van der Waals surface area contributed by atoms with Gasteiger partial charge in [-0.3, -0.25) is 4.79 Å². The Labute approximate surface area is 123 Å². The lowest BCUT2D eigenvalue weighted by atomic mass is 10.1. The van der Waals surface area contributed by atoms with E-state index in [1.165, 1.54) is 10.4 Å². The van der Waals surface area contributed by atoms with Crippen molar-refractivity contribution < 1.29 is 9.90 Å². The van der Waals surface area contributed by atoms with Gasteiger partial charge in [-0.15, -0.1) is 11.3 Å². The number of thiophene rings is 1. The molecular weight excluding hydrogens is 270 g/mol. The molecule has 0 atom stereocenters. The second kappa shape index (κ2) is 6.57. The van der Waals surface area contributed by atoms with E-state index in [4.69, 9.17) is 0 Å². The first-order valence-corrected chi connectivity index (χ1v) is 7.49. The number of phenols is 1. The number of aryl methyl sites for hydroxylation is 2. The van der Waals surface area contributed by atoms with Crippen molar-refractivity contribution in [2.75, 3.05) is 7.05 Å². The van der Waals surface area contributed by atoms with E-state index in [1.807, 2.05) is 24.6 Å². The maximum absolute atomic E-state index is 12.1. The van der Waals surface area contributed by atoms with Crippen molar-refractivity contribution in [3.8, 4) is 5.75 Å². The minimum absolute atomic E-state index is 0.0982. The van der Waals surface area contributed by atoms with Crippen LogP contribution in [0.4, 0.5) is 0 Å². The third-order valence-corrected chi connectivity index (χ3v) is 4.38.